The van der Waals surface area contributed by atoms with Crippen molar-refractivity contribution in [3.63, 3.8) is 0 Å². The highest BCUT2D eigenvalue weighted by molar-refractivity contribution is 5.93. The second-order valence-corrected chi connectivity index (χ2v) is 8.68. The van der Waals surface area contributed by atoms with E-state index in [4.69, 9.17) is 9.47 Å². The Morgan fingerprint density at radius 3 is 2.80 bits per heavy atom. The Hall–Kier alpha value is -2.47. The van der Waals surface area contributed by atoms with Crippen LogP contribution < -0.4 is 4.74 Å². The van der Waals surface area contributed by atoms with E-state index in [1.54, 1.807) is 25.4 Å². The summed E-state index contributed by atoms with van der Waals surface area (Å²) in [6.07, 6.45) is 4.65. The lowest BCUT2D eigenvalue weighted by Crippen LogP contribution is -2.47. The minimum atomic E-state index is 0.0445. The maximum absolute atomic E-state index is 13.0. The van der Waals surface area contributed by atoms with Crippen molar-refractivity contribution in [2.45, 2.75) is 32.2 Å². The number of likely N-dealkylation sites (N-methyl/N-ethyl adjacent to an activating group) is 1. The van der Waals surface area contributed by atoms with Crippen molar-refractivity contribution in [2.75, 3.05) is 41.4 Å². The topological polar surface area (TPSA) is 57.8 Å². The Morgan fingerprint density at radius 1 is 1.33 bits per heavy atom. The van der Waals surface area contributed by atoms with E-state index in [1.807, 2.05) is 26.2 Å². The van der Waals surface area contributed by atoms with E-state index >= 15 is 0 Å². The van der Waals surface area contributed by atoms with Crippen molar-refractivity contribution in [2.24, 2.45) is 11.8 Å². The van der Waals surface area contributed by atoms with E-state index in [-0.39, 0.29) is 17.9 Å². The minimum Gasteiger partial charge on any atom is -0.504 e. The van der Waals surface area contributed by atoms with Crippen molar-refractivity contribution < 1.29 is 14.3 Å². The van der Waals surface area contributed by atoms with Crippen molar-refractivity contribution in [1.82, 2.24) is 14.8 Å². The lowest BCUT2D eigenvalue weighted by Gasteiger charge is -2.46. The van der Waals surface area contributed by atoms with Crippen LogP contribution in [0, 0.1) is 11.8 Å². The number of amides is 1. The first kappa shape index (κ1) is 20.8. The summed E-state index contributed by atoms with van der Waals surface area (Å²) in [6, 6.07) is 6.47. The minimum absolute atomic E-state index is 0.0445. The average Bonchev–Trinajstić information content (AvgIpc) is 3.15. The van der Waals surface area contributed by atoms with Crippen LogP contribution in [-0.2, 0) is 16.0 Å². The molecule has 0 aliphatic carbocycles. The van der Waals surface area contributed by atoms with Crippen molar-refractivity contribution in [1.29, 1.82) is 0 Å². The maximum atomic E-state index is 13.0. The fraction of sp³-hybridized carbons (Fsp3) is 0.542. The SMILES string of the molecule is CC[C@@H]1CN2CCc3c([nH]c4cccc(OC)c34)[C@@H]2C[C@@H]1/C(=C\OC)C(=O)N(C)C. The molecule has 0 saturated carbocycles. The number of hydrogen-bond acceptors (Lipinski definition) is 4. The molecule has 6 heteroatoms. The molecular weight excluding hydrogens is 378 g/mol. The number of rotatable bonds is 5. The van der Waals surface area contributed by atoms with Crippen LogP contribution in [0.25, 0.3) is 10.9 Å². The molecule has 4 rings (SSSR count). The zero-order valence-corrected chi connectivity index (χ0v) is 18.7. The molecule has 162 valence electrons. The summed E-state index contributed by atoms with van der Waals surface area (Å²) >= 11 is 0. The maximum Gasteiger partial charge on any atom is 0.252 e. The molecule has 2 aliphatic heterocycles. The van der Waals surface area contributed by atoms with Gasteiger partial charge in [0.25, 0.3) is 5.91 Å². The predicted molar refractivity (Wildman–Crippen MR) is 119 cm³/mol. The summed E-state index contributed by atoms with van der Waals surface area (Å²) < 4.78 is 11.0. The number of aromatic nitrogens is 1. The average molecular weight is 412 g/mol. The number of nitrogens with one attached hydrogen (secondary N) is 1. The van der Waals surface area contributed by atoms with Crippen molar-refractivity contribution in [3.8, 4) is 5.75 Å². The summed E-state index contributed by atoms with van der Waals surface area (Å²) in [4.78, 5) is 20.9. The van der Waals surface area contributed by atoms with E-state index in [1.165, 1.54) is 16.6 Å². The van der Waals surface area contributed by atoms with Crippen LogP contribution in [0.4, 0.5) is 0 Å². The number of methoxy groups -OCH3 is 2. The van der Waals surface area contributed by atoms with Gasteiger partial charge in [0.2, 0.25) is 0 Å². The van der Waals surface area contributed by atoms with Gasteiger partial charge in [-0.2, -0.15) is 0 Å². The number of piperidine rings is 1. The predicted octanol–water partition coefficient (Wildman–Crippen LogP) is 3.74. The van der Waals surface area contributed by atoms with Crippen molar-refractivity contribution >= 4 is 16.8 Å². The number of ether oxygens (including phenoxy) is 2. The van der Waals surface area contributed by atoms with Crippen LogP contribution in [0.3, 0.4) is 0 Å². The normalized spacial score (nSPS) is 24.3. The number of fused-ring (bicyclic) bond motifs is 5. The first-order valence-electron chi connectivity index (χ1n) is 10.9. The van der Waals surface area contributed by atoms with E-state index in [0.717, 1.165) is 49.2 Å². The first-order chi connectivity index (χ1) is 14.5. The molecule has 1 aromatic heterocycles. The van der Waals surface area contributed by atoms with Gasteiger partial charge in [0.1, 0.15) is 5.75 Å². The van der Waals surface area contributed by atoms with Gasteiger partial charge < -0.3 is 19.4 Å². The molecule has 2 aliphatic rings. The summed E-state index contributed by atoms with van der Waals surface area (Å²) in [5.74, 6) is 1.58. The van der Waals surface area contributed by atoms with E-state index < -0.39 is 0 Å². The van der Waals surface area contributed by atoms with Gasteiger partial charge in [-0.15, -0.1) is 0 Å². The van der Waals surface area contributed by atoms with Crippen LogP contribution in [0.15, 0.2) is 30.0 Å². The zero-order chi connectivity index (χ0) is 21.4. The number of H-pyrrole nitrogens is 1. The fourth-order valence-electron chi connectivity index (χ4n) is 5.43. The summed E-state index contributed by atoms with van der Waals surface area (Å²) in [5, 5.41) is 1.21. The van der Waals surface area contributed by atoms with Crippen LogP contribution in [-0.4, -0.2) is 62.1 Å². The van der Waals surface area contributed by atoms with Gasteiger partial charge in [-0.3, -0.25) is 9.69 Å². The molecule has 0 unspecified atom stereocenters. The highest BCUT2D eigenvalue weighted by Crippen LogP contribution is 2.47. The van der Waals surface area contributed by atoms with Crippen LogP contribution in [0.5, 0.6) is 5.75 Å². The summed E-state index contributed by atoms with van der Waals surface area (Å²) in [7, 11) is 6.98. The van der Waals surface area contributed by atoms with Gasteiger partial charge >= 0.3 is 0 Å². The number of nitrogens with zero attached hydrogens (tertiary/aromatic N) is 2. The van der Waals surface area contributed by atoms with Crippen molar-refractivity contribution in [3.05, 3.63) is 41.3 Å². The van der Waals surface area contributed by atoms with Gasteiger partial charge in [0.05, 0.1) is 32.1 Å². The van der Waals surface area contributed by atoms with Gasteiger partial charge in [0.15, 0.2) is 0 Å². The molecule has 0 spiro atoms. The molecule has 0 radical (unpaired) electrons. The highest BCUT2D eigenvalue weighted by atomic mass is 16.5. The standard InChI is InChI=1S/C24H33N3O3/c1-6-15-13-27-11-10-16-22-19(8-7-9-21(22)30-5)25-23(16)20(27)12-17(15)18(14-29-4)24(28)26(2)3/h7-9,14-15,17,20,25H,6,10-13H2,1-5H3/b18-14+/t15-,17+,20+/m1/s1. The molecule has 1 saturated heterocycles. The molecule has 3 heterocycles. The van der Waals surface area contributed by atoms with Crippen LogP contribution in [0.1, 0.15) is 37.1 Å². The second kappa shape index (κ2) is 8.34. The Balaban J connectivity index is 1.76. The Labute approximate surface area is 178 Å². The highest BCUT2D eigenvalue weighted by Gasteiger charge is 2.42. The van der Waals surface area contributed by atoms with E-state index in [9.17, 15) is 4.79 Å². The molecule has 3 atom stereocenters. The van der Waals surface area contributed by atoms with Gasteiger partial charge in [0, 0.05) is 43.8 Å². The smallest absolute Gasteiger partial charge is 0.252 e. The first-order valence-corrected chi connectivity index (χ1v) is 10.9. The molecule has 1 N–H and O–H groups in total. The lowest BCUT2D eigenvalue weighted by molar-refractivity contribution is -0.126. The third-order valence-electron chi connectivity index (χ3n) is 6.90. The largest absolute Gasteiger partial charge is 0.504 e. The fourth-order valence-corrected chi connectivity index (χ4v) is 5.43. The molecule has 1 aromatic carbocycles. The van der Waals surface area contributed by atoms with E-state index in [2.05, 4.69) is 22.9 Å². The molecule has 1 fully saturated rings. The quantitative estimate of drug-likeness (QED) is 0.602. The third kappa shape index (κ3) is 3.37. The second-order valence-electron chi connectivity index (χ2n) is 8.68. The van der Waals surface area contributed by atoms with Crippen LogP contribution in [0.2, 0.25) is 0 Å². The zero-order valence-electron chi connectivity index (χ0n) is 18.7. The number of carbonyl (C=O) groups is 1. The number of benzene rings is 1. The van der Waals surface area contributed by atoms with Gasteiger partial charge in [-0.1, -0.05) is 19.4 Å². The number of aromatic amines is 1. The van der Waals surface area contributed by atoms with Crippen LogP contribution >= 0.6 is 0 Å². The Morgan fingerprint density at radius 2 is 2.13 bits per heavy atom. The number of carbonyl (C=O) groups excluding carboxylic acids is 1. The molecular formula is C24H33N3O3. The molecule has 30 heavy (non-hydrogen) atoms. The lowest BCUT2D eigenvalue weighted by atomic mass is 9.73. The van der Waals surface area contributed by atoms with E-state index in [0.29, 0.717) is 5.92 Å². The summed E-state index contributed by atoms with van der Waals surface area (Å²) in [6.45, 7) is 4.27. The third-order valence-corrected chi connectivity index (χ3v) is 6.90. The summed E-state index contributed by atoms with van der Waals surface area (Å²) in [5.41, 5.74) is 4.57. The Bertz CT molecular complexity index is 962. The molecule has 1 amide bonds. The Kier molecular flexibility index (Phi) is 5.78. The molecule has 0 bridgehead atoms. The molecule has 6 nitrogen and oxygen atoms in total. The van der Waals surface area contributed by atoms with Gasteiger partial charge in [-0.25, -0.2) is 0 Å². The molecule has 2 aromatic rings. The number of hydrogen-bond donors (Lipinski definition) is 1. The van der Waals surface area contributed by atoms with Gasteiger partial charge in [-0.05, 0) is 42.4 Å². The monoisotopic (exact) mass is 411 g/mol.